The molecule has 1 aromatic carbocycles. The van der Waals surface area contributed by atoms with Crippen molar-refractivity contribution in [1.29, 1.82) is 0 Å². The Balaban J connectivity index is 1.75. The fourth-order valence-corrected chi connectivity index (χ4v) is 4.01. The Morgan fingerprint density at radius 1 is 1.16 bits per heavy atom. The lowest BCUT2D eigenvalue weighted by Crippen LogP contribution is -2.27. The summed E-state index contributed by atoms with van der Waals surface area (Å²) in [5.41, 5.74) is 5.51. The standard InChI is InChI=1S/C24H28N6O2/c1-7-30-13-20(15(3)28-30)14(2)25-24(31)19-12-21(17-8-10-18(32-6)11-9-17)26-23-22(19)16(4)27-29(23)5/h8-14H,7H2,1-6H3,(H,25,31). The van der Waals surface area contributed by atoms with E-state index >= 15 is 0 Å². The van der Waals surface area contributed by atoms with Crippen LogP contribution < -0.4 is 10.1 Å². The van der Waals surface area contributed by atoms with Gasteiger partial charge in [-0.2, -0.15) is 10.2 Å². The van der Waals surface area contributed by atoms with Gasteiger partial charge in [0, 0.05) is 30.9 Å². The number of carbonyl (C=O) groups excluding carboxylic acids is 1. The number of carbonyl (C=O) groups is 1. The van der Waals surface area contributed by atoms with Gasteiger partial charge in [-0.25, -0.2) is 4.98 Å². The van der Waals surface area contributed by atoms with Crippen LogP contribution in [0.2, 0.25) is 0 Å². The summed E-state index contributed by atoms with van der Waals surface area (Å²) in [6.07, 6.45) is 1.99. The first-order chi connectivity index (χ1) is 15.3. The maximum atomic E-state index is 13.5. The van der Waals surface area contributed by atoms with Gasteiger partial charge in [0.05, 0.1) is 41.2 Å². The van der Waals surface area contributed by atoms with E-state index in [0.717, 1.165) is 40.2 Å². The van der Waals surface area contributed by atoms with E-state index in [1.165, 1.54) is 0 Å². The summed E-state index contributed by atoms with van der Waals surface area (Å²) < 4.78 is 8.86. The second kappa shape index (κ2) is 8.45. The molecule has 0 aliphatic heterocycles. The number of aryl methyl sites for hydroxylation is 4. The van der Waals surface area contributed by atoms with Gasteiger partial charge in [0.25, 0.3) is 5.91 Å². The number of ether oxygens (including phenoxy) is 1. The summed E-state index contributed by atoms with van der Waals surface area (Å²) in [4.78, 5) is 18.2. The minimum Gasteiger partial charge on any atom is -0.497 e. The Bertz CT molecular complexity index is 1290. The molecule has 0 saturated carbocycles. The minimum absolute atomic E-state index is 0.167. The van der Waals surface area contributed by atoms with Crippen molar-refractivity contribution in [3.8, 4) is 17.0 Å². The molecule has 0 saturated heterocycles. The highest BCUT2D eigenvalue weighted by Crippen LogP contribution is 2.28. The Kier molecular flexibility index (Phi) is 5.69. The molecule has 1 amide bonds. The molecule has 8 heteroatoms. The first-order valence-electron chi connectivity index (χ1n) is 10.7. The zero-order valence-corrected chi connectivity index (χ0v) is 19.3. The predicted molar refractivity (Wildman–Crippen MR) is 124 cm³/mol. The van der Waals surface area contributed by atoms with Crippen LogP contribution >= 0.6 is 0 Å². The van der Waals surface area contributed by atoms with E-state index in [4.69, 9.17) is 9.72 Å². The third-order valence-electron chi connectivity index (χ3n) is 5.72. The van der Waals surface area contributed by atoms with Gasteiger partial charge in [0.15, 0.2) is 5.65 Å². The van der Waals surface area contributed by atoms with Crippen LogP contribution in [0.5, 0.6) is 5.75 Å². The molecule has 1 N–H and O–H groups in total. The van der Waals surface area contributed by atoms with Crippen molar-refractivity contribution in [3.63, 3.8) is 0 Å². The van der Waals surface area contributed by atoms with Crippen LogP contribution in [-0.2, 0) is 13.6 Å². The topological polar surface area (TPSA) is 86.9 Å². The lowest BCUT2D eigenvalue weighted by molar-refractivity contribution is 0.0941. The first kappa shape index (κ1) is 21.5. The molecule has 0 radical (unpaired) electrons. The fraction of sp³-hybridized carbons (Fsp3) is 0.333. The lowest BCUT2D eigenvalue weighted by Gasteiger charge is -2.15. The molecule has 0 bridgehead atoms. The fourth-order valence-electron chi connectivity index (χ4n) is 4.01. The largest absolute Gasteiger partial charge is 0.497 e. The number of nitrogens with one attached hydrogen (secondary N) is 1. The number of amides is 1. The Morgan fingerprint density at radius 2 is 1.88 bits per heavy atom. The second-order valence-electron chi connectivity index (χ2n) is 7.91. The summed E-state index contributed by atoms with van der Waals surface area (Å²) in [5, 5.41) is 12.9. The van der Waals surface area contributed by atoms with Gasteiger partial charge in [-0.1, -0.05) is 0 Å². The van der Waals surface area contributed by atoms with E-state index in [-0.39, 0.29) is 11.9 Å². The van der Waals surface area contributed by atoms with Crippen LogP contribution in [0.3, 0.4) is 0 Å². The summed E-state index contributed by atoms with van der Waals surface area (Å²) in [5.74, 6) is 0.598. The predicted octanol–water partition coefficient (Wildman–Crippen LogP) is 3.97. The molecule has 0 aliphatic rings. The van der Waals surface area contributed by atoms with Crippen molar-refractivity contribution in [2.75, 3.05) is 7.11 Å². The first-order valence-corrected chi connectivity index (χ1v) is 10.7. The highest BCUT2D eigenvalue weighted by molar-refractivity contribution is 6.07. The summed E-state index contributed by atoms with van der Waals surface area (Å²) in [6.45, 7) is 8.65. The maximum Gasteiger partial charge on any atom is 0.252 e. The number of nitrogens with zero attached hydrogens (tertiary/aromatic N) is 5. The molecule has 0 aliphatic carbocycles. The zero-order chi connectivity index (χ0) is 23.0. The van der Waals surface area contributed by atoms with Gasteiger partial charge in [0.2, 0.25) is 0 Å². The van der Waals surface area contributed by atoms with Crippen LogP contribution in [0.1, 0.15) is 47.2 Å². The van der Waals surface area contributed by atoms with E-state index in [2.05, 4.69) is 15.5 Å². The number of rotatable bonds is 6. The molecule has 4 aromatic rings. The summed E-state index contributed by atoms with van der Waals surface area (Å²) >= 11 is 0. The molecule has 1 atom stereocenters. The molecule has 8 nitrogen and oxygen atoms in total. The normalized spacial score (nSPS) is 12.2. The molecule has 32 heavy (non-hydrogen) atoms. The number of methoxy groups -OCH3 is 1. The van der Waals surface area contributed by atoms with Gasteiger partial charge in [0.1, 0.15) is 5.75 Å². The number of aromatic nitrogens is 5. The van der Waals surface area contributed by atoms with Crippen molar-refractivity contribution < 1.29 is 9.53 Å². The Morgan fingerprint density at radius 3 is 2.50 bits per heavy atom. The second-order valence-corrected chi connectivity index (χ2v) is 7.91. The number of hydrogen-bond acceptors (Lipinski definition) is 5. The average Bonchev–Trinajstić information content (AvgIpc) is 3.32. The van der Waals surface area contributed by atoms with E-state index in [9.17, 15) is 4.79 Å². The van der Waals surface area contributed by atoms with Crippen LogP contribution in [0.15, 0.2) is 36.5 Å². The molecule has 0 spiro atoms. The smallest absolute Gasteiger partial charge is 0.252 e. The van der Waals surface area contributed by atoms with Crippen LogP contribution in [0, 0.1) is 13.8 Å². The van der Waals surface area contributed by atoms with E-state index in [1.807, 2.05) is 76.0 Å². The van der Waals surface area contributed by atoms with Crippen LogP contribution in [0.4, 0.5) is 0 Å². The lowest BCUT2D eigenvalue weighted by atomic mass is 10.0. The quantitative estimate of drug-likeness (QED) is 0.498. The number of benzene rings is 1. The third-order valence-corrected chi connectivity index (χ3v) is 5.72. The zero-order valence-electron chi connectivity index (χ0n) is 19.3. The van der Waals surface area contributed by atoms with Crippen LogP contribution in [-0.4, -0.2) is 37.6 Å². The van der Waals surface area contributed by atoms with Gasteiger partial charge in [-0.15, -0.1) is 0 Å². The Labute approximate surface area is 187 Å². The van der Waals surface area contributed by atoms with E-state index in [0.29, 0.717) is 16.9 Å². The summed E-state index contributed by atoms with van der Waals surface area (Å²) in [7, 11) is 3.47. The number of hydrogen-bond donors (Lipinski definition) is 1. The SMILES string of the molecule is CCn1cc(C(C)NC(=O)c2cc(-c3ccc(OC)cc3)nc3c2c(C)nn3C)c(C)n1. The van der Waals surface area contributed by atoms with Crippen molar-refractivity contribution in [3.05, 3.63) is 59.0 Å². The number of fused-ring (bicyclic) bond motifs is 1. The van der Waals surface area contributed by atoms with E-state index in [1.54, 1.807) is 11.8 Å². The Hall–Kier alpha value is -3.68. The molecule has 3 heterocycles. The summed E-state index contributed by atoms with van der Waals surface area (Å²) in [6, 6.07) is 9.28. The van der Waals surface area contributed by atoms with Gasteiger partial charge < -0.3 is 10.1 Å². The van der Waals surface area contributed by atoms with Crippen molar-refractivity contribution in [2.45, 2.75) is 40.3 Å². The molecule has 166 valence electrons. The van der Waals surface area contributed by atoms with Crippen molar-refractivity contribution in [1.82, 2.24) is 29.9 Å². The van der Waals surface area contributed by atoms with Gasteiger partial charge >= 0.3 is 0 Å². The van der Waals surface area contributed by atoms with Gasteiger partial charge in [-0.05, 0) is 58.0 Å². The third kappa shape index (κ3) is 3.84. The monoisotopic (exact) mass is 432 g/mol. The maximum absolute atomic E-state index is 13.5. The van der Waals surface area contributed by atoms with Crippen molar-refractivity contribution in [2.24, 2.45) is 7.05 Å². The minimum atomic E-state index is -0.188. The van der Waals surface area contributed by atoms with Crippen LogP contribution in [0.25, 0.3) is 22.3 Å². The van der Waals surface area contributed by atoms with E-state index < -0.39 is 0 Å². The average molecular weight is 433 g/mol. The van der Waals surface area contributed by atoms with Crippen molar-refractivity contribution >= 4 is 16.9 Å². The highest BCUT2D eigenvalue weighted by atomic mass is 16.5. The molecule has 1 unspecified atom stereocenters. The number of pyridine rings is 1. The molecule has 3 aromatic heterocycles. The highest BCUT2D eigenvalue weighted by Gasteiger charge is 2.22. The molecular weight excluding hydrogens is 404 g/mol. The molecule has 4 rings (SSSR count). The van der Waals surface area contributed by atoms with Gasteiger partial charge in [-0.3, -0.25) is 14.2 Å². The molecular formula is C24H28N6O2. The molecule has 0 fully saturated rings.